The summed E-state index contributed by atoms with van der Waals surface area (Å²) in [7, 11) is 3.06. The van der Waals surface area contributed by atoms with Crippen LogP contribution in [0, 0.1) is 6.92 Å². The van der Waals surface area contributed by atoms with Crippen molar-refractivity contribution in [1.82, 2.24) is 0 Å². The molecule has 0 aliphatic rings. The summed E-state index contributed by atoms with van der Waals surface area (Å²) in [6.07, 6.45) is 0. The zero-order valence-electron chi connectivity index (χ0n) is 15.9. The highest BCUT2D eigenvalue weighted by Gasteiger charge is 2.17. The molecular formula is C21H19ClO6. The number of ether oxygens (including phenoxy) is 3. The van der Waals surface area contributed by atoms with Crippen LogP contribution in [0.5, 0.6) is 17.2 Å². The number of hydrogen-bond acceptors (Lipinski definition) is 6. The van der Waals surface area contributed by atoms with Crippen LogP contribution in [0.25, 0.3) is 22.1 Å². The average Bonchev–Trinajstić information content (AvgIpc) is 2.68. The fraction of sp³-hybridized carbons (Fsp3) is 0.238. The summed E-state index contributed by atoms with van der Waals surface area (Å²) < 4.78 is 21.3. The van der Waals surface area contributed by atoms with Crippen LogP contribution in [0.3, 0.4) is 0 Å². The molecule has 0 aliphatic carbocycles. The second-order valence-corrected chi connectivity index (χ2v) is 6.81. The fourth-order valence-electron chi connectivity index (χ4n) is 2.92. The number of hydrogen-bond donors (Lipinski definition) is 0. The highest BCUT2D eigenvalue weighted by atomic mass is 35.5. The van der Waals surface area contributed by atoms with Gasteiger partial charge < -0.3 is 18.6 Å². The molecule has 0 saturated carbocycles. The number of aryl methyl sites for hydroxylation is 1. The van der Waals surface area contributed by atoms with Crippen LogP contribution in [0.2, 0.25) is 0 Å². The number of carbonyl (C=O) groups excluding carboxylic acids is 1. The largest absolute Gasteiger partial charge is 0.493 e. The summed E-state index contributed by atoms with van der Waals surface area (Å²) in [6.45, 7) is 3.34. The molecule has 0 fully saturated rings. The Labute approximate surface area is 166 Å². The van der Waals surface area contributed by atoms with Crippen molar-refractivity contribution < 1.29 is 23.4 Å². The molecule has 6 nitrogen and oxygen atoms in total. The highest BCUT2D eigenvalue weighted by molar-refractivity contribution is 6.29. The number of fused-ring (bicyclic) bond motifs is 1. The molecule has 1 heterocycles. The zero-order valence-corrected chi connectivity index (χ0v) is 16.6. The standard InChI is InChI=1S/C21H19ClO6/c1-11-15-10-14(27-20(23)12(2)22)6-8-16(15)28-21(24)19(11)13-5-7-17(25-3)18(9-13)26-4/h5-10,12H,1-4H3. The van der Waals surface area contributed by atoms with Gasteiger partial charge in [0, 0.05) is 5.39 Å². The van der Waals surface area contributed by atoms with E-state index in [9.17, 15) is 9.59 Å². The van der Waals surface area contributed by atoms with E-state index in [1.807, 2.05) is 0 Å². The molecule has 28 heavy (non-hydrogen) atoms. The minimum atomic E-state index is -0.771. The molecule has 146 valence electrons. The van der Waals surface area contributed by atoms with E-state index in [0.29, 0.717) is 44.9 Å². The van der Waals surface area contributed by atoms with Crippen molar-refractivity contribution in [2.45, 2.75) is 19.2 Å². The third-order valence-corrected chi connectivity index (χ3v) is 4.53. The van der Waals surface area contributed by atoms with Crippen molar-refractivity contribution >= 4 is 28.5 Å². The normalized spacial score (nSPS) is 11.9. The smallest absolute Gasteiger partial charge is 0.344 e. The van der Waals surface area contributed by atoms with Crippen molar-refractivity contribution in [3.8, 4) is 28.4 Å². The number of rotatable bonds is 5. The van der Waals surface area contributed by atoms with E-state index in [1.54, 1.807) is 43.3 Å². The van der Waals surface area contributed by atoms with Gasteiger partial charge in [-0.2, -0.15) is 0 Å². The van der Waals surface area contributed by atoms with Crippen LogP contribution < -0.4 is 19.8 Å². The van der Waals surface area contributed by atoms with Gasteiger partial charge >= 0.3 is 11.6 Å². The second-order valence-electron chi connectivity index (χ2n) is 6.15. The van der Waals surface area contributed by atoms with Gasteiger partial charge in [-0.1, -0.05) is 6.07 Å². The number of carbonyl (C=O) groups is 1. The summed E-state index contributed by atoms with van der Waals surface area (Å²) in [5, 5.41) is -0.121. The van der Waals surface area contributed by atoms with Crippen LogP contribution >= 0.6 is 11.6 Å². The first kappa shape index (κ1) is 19.8. The Kier molecular flexibility index (Phi) is 5.61. The highest BCUT2D eigenvalue weighted by Crippen LogP contribution is 2.34. The van der Waals surface area contributed by atoms with Gasteiger partial charge in [0.05, 0.1) is 19.8 Å². The molecule has 0 saturated heterocycles. The van der Waals surface area contributed by atoms with E-state index in [1.165, 1.54) is 21.1 Å². The Morgan fingerprint density at radius 2 is 1.79 bits per heavy atom. The average molecular weight is 403 g/mol. The molecule has 0 N–H and O–H groups in total. The minimum absolute atomic E-state index is 0.320. The van der Waals surface area contributed by atoms with Gasteiger partial charge in [-0.05, 0) is 55.3 Å². The molecule has 7 heteroatoms. The molecule has 3 rings (SSSR count). The van der Waals surface area contributed by atoms with E-state index in [0.717, 1.165) is 0 Å². The molecule has 3 aromatic rings. The van der Waals surface area contributed by atoms with E-state index in [2.05, 4.69) is 0 Å². The molecule has 0 amide bonds. The fourth-order valence-corrected chi connectivity index (χ4v) is 2.96. The molecule has 0 bridgehead atoms. The van der Waals surface area contributed by atoms with Gasteiger partial charge in [0.1, 0.15) is 16.7 Å². The third-order valence-electron chi connectivity index (χ3n) is 4.35. The van der Waals surface area contributed by atoms with Crippen molar-refractivity contribution in [3.63, 3.8) is 0 Å². The Morgan fingerprint density at radius 3 is 2.43 bits per heavy atom. The third kappa shape index (κ3) is 3.68. The molecular weight excluding hydrogens is 384 g/mol. The van der Waals surface area contributed by atoms with Gasteiger partial charge in [-0.25, -0.2) is 4.79 Å². The summed E-state index contributed by atoms with van der Waals surface area (Å²) in [4.78, 5) is 24.4. The molecule has 1 unspecified atom stereocenters. The minimum Gasteiger partial charge on any atom is -0.493 e. The van der Waals surface area contributed by atoms with Crippen molar-refractivity contribution in [2.24, 2.45) is 0 Å². The van der Waals surface area contributed by atoms with Crippen LogP contribution in [-0.2, 0) is 4.79 Å². The molecule has 0 spiro atoms. The predicted molar refractivity (Wildman–Crippen MR) is 107 cm³/mol. The summed E-state index contributed by atoms with van der Waals surface area (Å²) >= 11 is 5.75. The van der Waals surface area contributed by atoms with E-state index < -0.39 is 17.0 Å². The van der Waals surface area contributed by atoms with Crippen LogP contribution in [-0.4, -0.2) is 25.6 Å². The first-order valence-electron chi connectivity index (χ1n) is 8.51. The van der Waals surface area contributed by atoms with Crippen molar-refractivity contribution in [3.05, 3.63) is 52.4 Å². The number of alkyl halides is 1. The van der Waals surface area contributed by atoms with Gasteiger partial charge in [-0.3, -0.25) is 4.79 Å². The van der Waals surface area contributed by atoms with Gasteiger partial charge in [-0.15, -0.1) is 11.6 Å². The number of esters is 1. The number of benzene rings is 2. The Bertz CT molecular complexity index is 1100. The van der Waals surface area contributed by atoms with Crippen molar-refractivity contribution in [2.75, 3.05) is 14.2 Å². The van der Waals surface area contributed by atoms with E-state index in [-0.39, 0.29) is 0 Å². The Morgan fingerprint density at radius 1 is 1.07 bits per heavy atom. The predicted octanol–water partition coefficient (Wildman–Crippen LogP) is 4.32. The molecule has 1 atom stereocenters. The molecule has 2 aromatic carbocycles. The second kappa shape index (κ2) is 7.94. The Balaban J connectivity index is 2.16. The van der Waals surface area contributed by atoms with Gasteiger partial charge in [0.2, 0.25) is 0 Å². The zero-order chi connectivity index (χ0) is 20.4. The first-order chi connectivity index (χ1) is 13.3. The Hall–Kier alpha value is -2.99. The number of methoxy groups -OCH3 is 2. The maximum absolute atomic E-state index is 12.6. The molecule has 0 radical (unpaired) electrons. The first-order valence-corrected chi connectivity index (χ1v) is 8.95. The van der Waals surface area contributed by atoms with Gasteiger partial charge in [0.15, 0.2) is 11.5 Å². The topological polar surface area (TPSA) is 75.0 Å². The summed E-state index contributed by atoms with van der Waals surface area (Å²) in [5.74, 6) is 0.813. The molecule has 1 aromatic heterocycles. The van der Waals surface area contributed by atoms with E-state index in [4.69, 9.17) is 30.2 Å². The summed E-state index contributed by atoms with van der Waals surface area (Å²) in [6, 6.07) is 9.97. The maximum Gasteiger partial charge on any atom is 0.344 e. The molecule has 0 aliphatic heterocycles. The van der Waals surface area contributed by atoms with Crippen LogP contribution in [0.4, 0.5) is 0 Å². The maximum atomic E-state index is 12.6. The lowest BCUT2D eigenvalue weighted by molar-refractivity contribution is -0.133. The quantitative estimate of drug-likeness (QED) is 0.274. The van der Waals surface area contributed by atoms with Crippen LogP contribution in [0.15, 0.2) is 45.6 Å². The number of halogens is 1. The van der Waals surface area contributed by atoms with Crippen LogP contribution in [0.1, 0.15) is 12.5 Å². The SMILES string of the molecule is COc1ccc(-c2c(C)c3cc(OC(=O)C(C)Cl)ccc3oc2=O)cc1OC. The monoisotopic (exact) mass is 402 g/mol. The lowest BCUT2D eigenvalue weighted by Gasteiger charge is -2.12. The summed E-state index contributed by atoms with van der Waals surface area (Å²) in [5.41, 5.74) is 1.63. The lowest BCUT2D eigenvalue weighted by atomic mass is 9.99. The van der Waals surface area contributed by atoms with E-state index >= 15 is 0 Å². The van der Waals surface area contributed by atoms with Crippen molar-refractivity contribution in [1.29, 1.82) is 0 Å². The lowest BCUT2D eigenvalue weighted by Crippen LogP contribution is -2.17. The van der Waals surface area contributed by atoms with Gasteiger partial charge in [0.25, 0.3) is 0 Å².